The van der Waals surface area contributed by atoms with Crippen LogP contribution in [0.3, 0.4) is 0 Å². The number of likely N-dealkylation sites (tertiary alicyclic amines) is 1. The molecule has 3 unspecified atom stereocenters. The number of rotatable bonds is 5. The Morgan fingerprint density at radius 1 is 1.03 bits per heavy atom. The van der Waals surface area contributed by atoms with Gasteiger partial charge in [0.05, 0.1) is 14.2 Å². The zero-order chi connectivity index (χ0) is 24.5. The first-order valence-corrected chi connectivity index (χ1v) is 12.3. The number of hydrogen-bond acceptors (Lipinski definition) is 4. The maximum Gasteiger partial charge on any atom is 0.319 e. The van der Waals surface area contributed by atoms with Crippen LogP contribution in [0.4, 0.5) is 10.5 Å². The number of carbonyl (C=O) groups excluding carboxylic acids is 1. The third kappa shape index (κ3) is 4.74. The second kappa shape index (κ2) is 9.49. The highest BCUT2D eigenvalue weighted by molar-refractivity contribution is 5.89. The third-order valence-electron chi connectivity index (χ3n) is 7.83. The number of methoxy groups -OCH3 is 2. The molecule has 2 N–H and O–H groups in total. The molecule has 2 aromatic carbocycles. The smallest absolute Gasteiger partial charge is 0.319 e. The van der Waals surface area contributed by atoms with Gasteiger partial charge >= 0.3 is 6.03 Å². The summed E-state index contributed by atoms with van der Waals surface area (Å²) < 4.78 is 11.0. The van der Waals surface area contributed by atoms with Crippen LogP contribution in [0.5, 0.6) is 11.5 Å². The zero-order valence-electron chi connectivity index (χ0n) is 21.4. The summed E-state index contributed by atoms with van der Waals surface area (Å²) in [6, 6.07) is 14.9. The quantitative estimate of drug-likeness (QED) is 0.628. The van der Waals surface area contributed by atoms with Crippen LogP contribution in [0.25, 0.3) is 0 Å². The minimum absolute atomic E-state index is 0.0751. The molecule has 2 fully saturated rings. The third-order valence-corrected chi connectivity index (χ3v) is 7.83. The van der Waals surface area contributed by atoms with Crippen molar-refractivity contribution in [3.8, 4) is 11.5 Å². The van der Waals surface area contributed by atoms with Gasteiger partial charge in [0, 0.05) is 23.2 Å². The van der Waals surface area contributed by atoms with Crippen LogP contribution in [-0.4, -0.2) is 50.8 Å². The van der Waals surface area contributed by atoms with Gasteiger partial charge in [0.2, 0.25) is 0 Å². The molecule has 1 saturated carbocycles. The van der Waals surface area contributed by atoms with Crippen molar-refractivity contribution < 1.29 is 14.3 Å². The van der Waals surface area contributed by atoms with Gasteiger partial charge in [-0.25, -0.2) is 4.79 Å². The van der Waals surface area contributed by atoms with Crippen LogP contribution in [0, 0.1) is 0 Å². The fourth-order valence-corrected chi connectivity index (χ4v) is 5.80. The fourth-order valence-electron chi connectivity index (χ4n) is 5.80. The highest BCUT2D eigenvalue weighted by atomic mass is 16.5. The van der Waals surface area contributed by atoms with Crippen LogP contribution >= 0.6 is 0 Å². The highest BCUT2D eigenvalue weighted by Crippen LogP contribution is 2.49. The number of anilines is 1. The minimum atomic E-state index is -0.132. The normalized spacial score (nSPS) is 24.9. The lowest BCUT2D eigenvalue weighted by molar-refractivity contribution is 0.156. The van der Waals surface area contributed by atoms with Gasteiger partial charge in [0.1, 0.15) is 0 Å². The number of carbonyl (C=O) groups is 1. The van der Waals surface area contributed by atoms with E-state index in [1.165, 1.54) is 11.1 Å². The molecule has 0 aromatic heterocycles. The summed E-state index contributed by atoms with van der Waals surface area (Å²) in [6.07, 6.45) is 4.03. The second-order valence-corrected chi connectivity index (χ2v) is 10.9. The number of likely N-dealkylation sites (N-methyl/N-ethyl adjacent to an activating group) is 1. The van der Waals surface area contributed by atoms with Crippen LogP contribution in [0.15, 0.2) is 42.5 Å². The van der Waals surface area contributed by atoms with Gasteiger partial charge < -0.3 is 25.0 Å². The largest absolute Gasteiger partial charge is 0.493 e. The van der Waals surface area contributed by atoms with Crippen molar-refractivity contribution in [1.82, 2.24) is 10.2 Å². The highest BCUT2D eigenvalue weighted by Gasteiger charge is 2.50. The van der Waals surface area contributed by atoms with E-state index in [9.17, 15) is 4.79 Å². The molecule has 3 atom stereocenters. The number of nitrogens with one attached hydrogen (secondary N) is 2. The van der Waals surface area contributed by atoms with E-state index < -0.39 is 0 Å². The number of hydrogen-bond donors (Lipinski definition) is 2. The fraction of sp³-hybridized carbons (Fsp3) is 0.536. The molecule has 1 aliphatic heterocycles. The van der Waals surface area contributed by atoms with Crippen LogP contribution in [0.2, 0.25) is 0 Å². The van der Waals surface area contributed by atoms with Crippen LogP contribution in [-0.2, 0) is 10.8 Å². The molecule has 4 rings (SSSR count). The molecule has 2 aromatic rings. The minimum Gasteiger partial charge on any atom is -0.493 e. The molecule has 6 nitrogen and oxygen atoms in total. The lowest BCUT2D eigenvalue weighted by Gasteiger charge is -2.45. The molecule has 6 heteroatoms. The number of benzene rings is 2. The predicted octanol–water partition coefficient (Wildman–Crippen LogP) is 5.32. The van der Waals surface area contributed by atoms with Crippen molar-refractivity contribution in [2.24, 2.45) is 0 Å². The maximum atomic E-state index is 12.8. The molecule has 1 aliphatic carbocycles. The molecule has 1 saturated heterocycles. The average molecular weight is 466 g/mol. The van der Waals surface area contributed by atoms with Crippen molar-refractivity contribution in [1.29, 1.82) is 0 Å². The number of fused-ring (bicyclic) bond motifs is 1. The zero-order valence-corrected chi connectivity index (χ0v) is 21.4. The Morgan fingerprint density at radius 3 is 2.38 bits per heavy atom. The Morgan fingerprint density at radius 2 is 1.74 bits per heavy atom. The molecule has 34 heavy (non-hydrogen) atoms. The molecule has 2 amide bonds. The first-order chi connectivity index (χ1) is 16.2. The SMILES string of the molecule is COc1ccc(C23CCC(NC(=O)Nc4ccc(C(C)(C)C)cc4)CC2N(C)CC3)cc1OC. The first kappa shape index (κ1) is 24.4. The molecule has 1 heterocycles. The summed E-state index contributed by atoms with van der Waals surface area (Å²) in [5, 5.41) is 6.25. The number of amides is 2. The molecule has 0 spiro atoms. The Hall–Kier alpha value is -2.73. The van der Waals surface area contributed by atoms with Crippen molar-refractivity contribution in [2.75, 3.05) is 33.1 Å². The van der Waals surface area contributed by atoms with Gasteiger partial charge in [-0.2, -0.15) is 0 Å². The molecular formula is C28H39N3O3. The van der Waals surface area contributed by atoms with Crippen LogP contribution in [0.1, 0.15) is 57.6 Å². The predicted molar refractivity (Wildman–Crippen MR) is 137 cm³/mol. The second-order valence-electron chi connectivity index (χ2n) is 10.9. The maximum absolute atomic E-state index is 12.8. The van der Waals surface area contributed by atoms with E-state index in [0.717, 1.165) is 49.4 Å². The summed E-state index contributed by atoms with van der Waals surface area (Å²) in [5.41, 5.74) is 3.55. The van der Waals surface area contributed by atoms with E-state index in [1.54, 1.807) is 14.2 Å². The Labute approximate surface area is 204 Å². The molecule has 2 aliphatic rings. The van der Waals surface area contributed by atoms with Crippen molar-refractivity contribution in [2.45, 2.75) is 69.4 Å². The van der Waals surface area contributed by atoms with Crippen molar-refractivity contribution in [3.63, 3.8) is 0 Å². The molecule has 184 valence electrons. The summed E-state index contributed by atoms with van der Waals surface area (Å²) >= 11 is 0. The summed E-state index contributed by atoms with van der Waals surface area (Å²) in [6.45, 7) is 7.62. The number of ether oxygens (including phenoxy) is 2. The Bertz CT molecular complexity index is 1010. The van der Waals surface area contributed by atoms with Crippen molar-refractivity contribution in [3.05, 3.63) is 53.6 Å². The van der Waals surface area contributed by atoms with Crippen molar-refractivity contribution >= 4 is 11.7 Å². The monoisotopic (exact) mass is 465 g/mol. The summed E-state index contributed by atoms with van der Waals surface area (Å²) in [4.78, 5) is 15.2. The number of nitrogens with zero attached hydrogens (tertiary/aromatic N) is 1. The standard InChI is InChI=1S/C28H39N3O3/c1-27(2,3)19-7-10-21(11-8-19)29-26(32)30-22-13-14-28(15-16-31(4)25(28)18-22)20-9-12-23(33-5)24(17-20)34-6/h7-12,17,22,25H,13-16,18H2,1-6H3,(H2,29,30,32). The van der Waals surface area contributed by atoms with Gasteiger partial charge in [-0.1, -0.05) is 39.0 Å². The Kier molecular flexibility index (Phi) is 6.81. The van der Waals surface area contributed by atoms with Gasteiger partial charge in [0.15, 0.2) is 11.5 Å². The number of urea groups is 1. The lowest BCUT2D eigenvalue weighted by atomic mass is 9.65. The van der Waals surface area contributed by atoms with E-state index in [2.05, 4.69) is 67.6 Å². The summed E-state index contributed by atoms with van der Waals surface area (Å²) in [7, 11) is 5.56. The lowest BCUT2D eigenvalue weighted by Crippen LogP contribution is -2.52. The van der Waals surface area contributed by atoms with E-state index in [-0.39, 0.29) is 22.9 Å². The average Bonchev–Trinajstić information content (AvgIpc) is 3.15. The van der Waals surface area contributed by atoms with E-state index >= 15 is 0 Å². The first-order valence-electron chi connectivity index (χ1n) is 12.3. The summed E-state index contributed by atoms with van der Waals surface area (Å²) in [5.74, 6) is 1.54. The van der Waals surface area contributed by atoms with Gasteiger partial charge in [-0.05, 0) is 80.1 Å². The molecule has 0 radical (unpaired) electrons. The van der Waals surface area contributed by atoms with Gasteiger partial charge in [-0.3, -0.25) is 0 Å². The Balaban J connectivity index is 1.43. The van der Waals surface area contributed by atoms with E-state index in [0.29, 0.717) is 6.04 Å². The van der Waals surface area contributed by atoms with E-state index in [1.807, 2.05) is 18.2 Å². The molecular weight excluding hydrogens is 426 g/mol. The van der Waals surface area contributed by atoms with Crippen LogP contribution < -0.4 is 20.1 Å². The molecule has 0 bridgehead atoms. The van der Waals surface area contributed by atoms with Gasteiger partial charge in [-0.15, -0.1) is 0 Å². The topological polar surface area (TPSA) is 62.8 Å². The van der Waals surface area contributed by atoms with Gasteiger partial charge in [0.25, 0.3) is 0 Å². The van der Waals surface area contributed by atoms with E-state index in [4.69, 9.17) is 9.47 Å².